The van der Waals surface area contributed by atoms with E-state index in [0.29, 0.717) is 0 Å². The average Bonchev–Trinajstić information content (AvgIpc) is 2.66. The molecule has 0 aromatic carbocycles. The van der Waals surface area contributed by atoms with Crippen LogP contribution in [0.15, 0.2) is 18.5 Å². The highest BCUT2D eigenvalue weighted by Crippen LogP contribution is 2.08. The fourth-order valence-electron chi connectivity index (χ4n) is 1.43. The molecule has 0 aliphatic rings. The second-order valence-corrected chi connectivity index (χ2v) is 3.11. The van der Waals surface area contributed by atoms with Crippen molar-refractivity contribution in [1.29, 1.82) is 0 Å². The van der Waals surface area contributed by atoms with Gasteiger partial charge in [-0.15, -0.1) is 0 Å². The van der Waals surface area contributed by atoms with Crippen LogP contribution in [0.2, 0.25) is 0 Å². The maximum atomic E-state index is 10.5. The van der Waals surface area contributed by atoms with Gasteiger partial charge in [-0.05, 0) is 6.42 Å². The SMILES string of the molecule is CCc1cc2n(CC(=O)O)ccn2n1. The molecule has 0 unspecified atom stereocenters. The molecule has 1 N–H and O–H groups in total. The number of imidazole rings is 1. The van der Waals surface area contributed by atoms with Crippen LogP contribution >= 0.6 is 0 Å². The molecule has 0 bridgehead atoms. The van der Waals surface area contributed by atoms with Gasteiger partial charge in [-0.2, -0.15) is 5.10 Å². The molecule has 0 atom stereocenters. The lowest BCUT2D eigenvalue weighted by atomic mass is 10.3. The van der Waals surface area contributed by atoms with Gasteiger partial charge < -0.3 is 9.67 Å². The highest BCUT2D eigenvalue weighted by molar-refractivity contribution is 5.67. The van der Waals surface area contributed by atoms with Crippen LogP contribution < -0.4 is 0 Å². The third-order valence-corrected chi connectivity index (χ3v) is 2.12. The molecule has 14 heavy (non-hydrogen) atoms. The summed E-state index contributed by atoms with van der Waals surface area (Å²) in [6.07, 6.45) is 4.34. The Bertz CT molecular complexity index is 469. The van der Waals surface area contributed by atoms with Gasteiger partial charge in [-0.3, -0.25) is 4.79 Å². The lowest BCUT2D eigenvalue weighted by molar-refractivity contribution is -0.137. The van der Waals surface area contributed by atoms with E-state index < -0.39 is 5.97 Å². The Morgan fingerprint density at radius 2 is 2.36 bits per heavy atom. The predicted molar refractivity (Wildman–Crippen MR) is 50.2 cm³/mol. The Kier molecular flexibility index (Phi) is 1.99. The molecule has 0 spiro atoms. The molecule has 0 radical (unpaired) electrons. The number of carboxylic acid groups (broad SMARTS) is 1. The first-order valence-corrected chi connectivity index (χ1v) is 4.46. The van der Waals surface area contributed by atoms with Gasteiger partial charge in [0.2, 0.25) is 0 Å². The molecule has 5 nitrogen and oxygen atoms in total. The molecule has 0 aliphatic carbocycles. The zero-order valence-corrected chi connectivity index (χ0v) is 7.84. The number of aryl methyl sites for hydroxylation is 1. The van der Waals surface area contributed by atoms with E-state index in [0.717, 1.165) is 17.8 Å². The molecule has 0 saturated carbocycles. The van der Waals surface area contributed by atoms with Gasteiger partial charge in [-0.25, -0.2) is 4.52 Å². The van der Waals surface area contributed by atoms with Crippen molar-refractivity contribution in [2.75, 3.05) is 0 Å². The van der Waals surface area contributed by atoms with E-state index in [-0.39, 0.29) is 6.54 Å². The largest absolute Gasteiger partial charge is 0.480 e. The molecule has 2 aromatic heterocycles. The summed E-state index contributed by atoms with van der Waals surface area (Å²) < 4.78 is 3.36. The van der Waals surface area contributed by atoms with Crippen LogP contribution in [-0.4, -0.2) is 25.3 Å². The predicted octanol–water partition coefficient (Wildman–Crippen LogP) is 0.783. The van der Waals surface area contributed by atoms with E-state index in [4.69, 9.17) is 5.11 Å². The van der Waals surface area contributed by atoms with Crippen LogP contribution in [0.25, 0.3) is 5.65 Å². The Balaban J connectivity index is 2.44. The van der Waals surface area contributed by atoms with Crippen LogP contribution in [0.4, 0.5) is 0 Å². The summed E-state index contributed by atoms with van der Waals surface area (Å²) in [7, 11) is 0. The summed E-state index contributed by atoms with van der Waals surface area (Å²) >= 11 is 0. The Labute approximate surface area is 80.6 Å². The normalized spacial score (nSPS) is 10.9. The maximum absolute atomic E-state index is 10.5. The molecule has 0 fully saturated rings. The van der Waals surface area contributed by atoms with E-state index in [1.54, 1.807) is 21.5 Å². The molecule has 2 heterocycles. The number of carbonyl (C=O) groups is 1. The summed E-state index contributed by atoms with van der Waals surface area (Å²) in [5, 5.41) is 12.9. The van der Waals surface area contributed by atoms with Crippen molar-refractivity contribution in [1.82, 2.24) is 14.2 Å². The van der Waals surface area contributed by atoms with Crippen LogP contribution in [0.1, 0.15) is 12.6 Å². The van der Waals surface area contributed by atoms with Crippen molar-refractivity contribution in [3.8, 4) is 0 Å². The van der Waals surface area contributed by atoms with E-state index >= 15 is 0 Å². The van der Waals surface area contributed by atoms with E-state index in [2.05, 4.69) is 5.10 Å². The van der Waals surface area contributed by atoms with Crippen molar-refractivity contribution in [3.05, 3.63) is 24.2 Å². The summed E-state index contributed by atoms with van der Waals surface area (Å²) in [5.41, 5.74) is 1.80. The lowest BCUT2D eigenvalue weighted by Crippen LogP contribution is -2.07. The van der Waals surface area contributed by atoms with E-state index in [1.165, 1.54) is 0 Å². The van der Waals surface area contributed by atoms with Crippen LogP contribution in [0.5, 0.6) is 0 Å². The van der Waals surface area contributed by atoms with Gasteiger partial charge in [0.1, 0.15) is 12.2 Å². The number of rotatable bonds is 3. The molecule has 0 aliphatic heterocycles. The Hall–Kier alpha value is -1.78. The van der Waals surface area contributed by atoms with Crippen molar-refractivity contribution in [2.45, 2.75) is 19.9 Å². The minimum absolute atomic E-state index is 0.0225. The van der Waals surface area contributed by atoms with Crippen molar-refractivity contribution < 1.29 is 9.90 Å². The maximum Gasteiger partial charge on any atom is 0.323 e. The first kappa shape index (κ1) is 8.80. The highest BCUT2D eigenvalue weighted by Gasteiger charge is 2.07. The quantitative estimate of drug-likeness (QED) is 0.783. The second-order valence-electron chi connectivity index (χ2n) is 3.11. The van der Waals surface area contributed by atoms with Crippen molar-refractivity contribution >= 4 is 11.6 Å². The van der Waals surface area contributed by atoms with Gasteiger partial charge in [0.25, 0.3) is 0 Å². The zero-order valence-electron chi connectivity index (χ0n) is 7.84. The van der Waals surface area contributed by atoms with Gasteiger partial charge in [0.15, 0.2) is 0 Å². The number of nitrogens with zero attached hydrogens (tertiary/aromatic N) is 3. The Morgan fingerprint density at radius 3 is 3.00 bits per heavy atom. The molecule has 2 aromatic rings. The molecule has 0 saturated heterocycles. The molecular formula is C9H11N3O2. The molecule has 5 heteroatoms. The number of aromatic nitrogens is 3. The summed E-state index contributed by atoms with van der Waals surface area (Å²) in [6, 6.07) is 1.91. The fourth-order valence-corrected chi connectivity index (χ4v) is 1.43. The molecule has 74 valence electrons. The summed E-state index contributed by atoms with van der Waals surface area (Å²) in [4.78, 5) is 10.5. The lowest BCUT2D eigenvalue weighted by Gasteiger charge is -1.96. The van der Waals surface area contributed by atoms with Crippen molar-refractivity contribution in [2.24, 2.45) is 0 Å². The summed E-state index contributed by atoms with van der Waals surface area (Å²) in [5.74, 6) is -0.845. The minimum Gasteiger partial charge on any atom is -0.480 e. The number of aliphatic carboxylic acids is 1. The second kappa shape index (κ2) is 3.17. The van der Waals surface area contributed by atoms with Gasteiger partial charge in [0.05, 0.1) is 5.69 Å². The molecule has 2 rings (SSSR count). The topological polar surface area (TPSA) is 59.5 Å². The van der Waals surface area contributed by atoms with Crippen LogP contribution in [0.3, 0.4) is 0 Å². The van der Waals surface area contributed by atoms with Gasteiger partial charge in [0, 0.05) is 18.5 Å². The number of hydrogen-bond donors (Lipinski definition) is 1. The molecular weight excluding hydrogens is 182 g/mol. The van der Waals surface area contributed by atoms with Crippen LogP contribution in [0, 0.1) is 0 Å². The number of carboxylic acids is 1. The Morgan fingerprint density at radius 1 is 1.57 bits per heavy atom. The van der Waals surface area contributed by atoms with Crippen LogP contribution in [-0.2, 0) is 17.8 Å². The van der Waals surface area contributed by atoms with Gasteiger partial charge >= 0.3 is 5.97 Å². The van der Waals surface area contributed by atoms with E-state index in [1.807, 2.05) is 13.0 Å². The fraction of sp³-hybridized carbons (Fsp3) is 0.333. The third-order valence-electron chi connectivity index (χ3n) is 2.12. The zero-order chi connectivity index (χ0) is 10.1. The average molecular weight is 193 g/mol. The van der Waals surface area contributed by atoms with Gasteiger partial charge in [-0.1, -0.05) is 6.92 Å². The van der Waals surface area contributed by atoms with Crippen molar-refractivity contribution in [3.63, 3.8) is 0 Å². The number of fused-ring (bicyclic) bond motifs is 1. The number of hydrogen-bond acceptors (Lipinski definition) is 2. The monoisotopic (exact) mass is 193 g/mol. The van der Waals surface area contributed by atoms with E-state index in [9.17, 15) is 4.79 Å². The minimum atomic E-state index is -0.845. The third kappa shape index (κ3) is 1.37. The highest BCUT2D eigenvalue weighted by atomic mass is 16.4. The standard InChI is InChI=1S/C9H11N3O2/c1-2-7-5-8-11(6-9(13)14)3-4-12(8)10-7/h3-5H,2,6H2,1H3,(H,13,14). The first-order chi connectivity index (χ1) is 6.70. The summed E-state index contributed by atoms with van der Waals surface area (Å²) in [6.45, 7) is 1.99. The first-order valence-electron chi connectivity index (χ1n) is 4.46. The molecule has 0 amide bonds. The smallest absolute Gasteiger partial charge is 0.323 e.